The summed E-state index contributed by atoms with van der Waals surface area (Å²) in [4.78, 5) is 2.62. The van der Waals surface area contributed by atoms with Gasteiger partial charge in [0.25, 0.3) is 0 Å². The molecule has 4 rings (SSSR count). The Labute approximate surface area is 175 Å². The van der Waals surface area contributed by atoms with E-state index in [9.17, 15) is 0 Å². The first-order chi connectivity index (χ1) is 14.4. The van der Waals surface area contributed by atoms with Gasteiger partial charge in [-0.2, -0.15) is 0 Å². The van der Waals surface area contributed by atoms with Crippen molar-refractivity contribution >= 4 is 0 Å². The fourth-order valence-corrected chi connectivity index (χ4v) is 4.35. The van der Waals surface area contributed by atoms with Gasteiger partial charge in [0.2, 0.25) is 0 Å². The molecule has 1 saturated heterocycles. The van der Waals surface area contributed by atoms with E-state index < -0.39 is 0 Å². The van der Waals surface area contributed by atoms with Gasteiger partial charge in [0.05, 0.1) is 0 Å². The van der Waals surface area contributed by atoms with Gasteiger partial charge in [-0.25, -0.2) is 0 Å². The van der Waals surface area contributed by atoms with Crippen LogP contribution in [0.4, 0.5) is 0 Å². The number of likely N-dealkylation sites (tertiary alicyclic amines) is 1. The summed E-state index contributed by atoms with van der Waals surface area (Å²) in [6.45, 7) is 3.55. The third kappa shape index (κ3) is 6.03. The first-order valence-corrected chi connectivity index (χ1v) is 11.0. The molecule has 0 bridgehead atoms. The predicted molar refractivity (Wildman–Crippen MR) is 122 cm³/mol. The third-order valence-corrected chi connectivity index (χ3v) is 6.07. The molecule has 1 aliphatic heterocycles. The van der Waals surface area contributed by atoms with Crippen molar-refractivity contribution in [3.05, 3.63) is 108 Å². The zero-order valence-corrected chi connectivity index (χ0v) is 17.2. The van der Waals surface area contributed by atoms with E-state index in [0.29, 0.717) is 12.1 Å². The summed E-state index contributed by atoms with van der Waals surface area (Å²) in [7, 11) is 0. The van der Waals surface area contributed by atoms with Gasteiger partial charge in [-0.15, -0.1) is 0 Å². The number of nitrogens with one attached hydrogen (secondary N) is 1. The summed E-state index contributed by atoms with van der Waals surface area (Å²) < 4.78 is 0. The molecule has 0 amide bonds. The summed E-state index contributed by atoms with van der Waals surface area (Å²) in [5.74, 6) is 0. The summed E-state index contributed by atoms with van der Waals surface area (Å²) >= 11 is 0. The van der Waals surface area contributed by atoms with Crippen LogP contribution in [-0.2, 0) is 12.8 Å². The minimum atomic E-state index is 0.375. The quantitative estimate of drug-likeness (QED) is 0.569. The van der Waals surface area contributed by atoms with Gasteiger partial charge in [0, 0.05) is 18.6 Å². The smallest absolute Gasteiger partial charge is 0.0363 e. The Morgan fingerprint density at radius 3 is 1.90 bits per heavy atom. The average molecular weight is 385 g/mol. The molecule has 0 aliphatic carbocycles. The molecule has 1 fully saturated rings. The van der Waals surface area contributed by atoms with Crippen LogP contribution < -0.4 is 5.32 Å². The molecule has 3 aromatic carbocycles. The van der Waals surface area contributed by atoms with Crippen molar-refractivity contribution in [1.82, 2.24) is 10.2 Å². The van der Waals surface area contributed by atoms with Crippen molar-refractivity contribution in [2.45, 2.75) is 37.8 Å². The van der Waals surface area contributed by atoms with E-state index in [2.05, 4.69) is 101 Å². The van der Waals surface area contributed by atoms with Crippen LogP contribution in [0.25, 0.3) is 0 Å². The molecule has 1 N–H and O–H groups in total. The van der Waals surface area contributed by atoms with Crippen LogP contribution in [-0.4, -0.2) is 30.6 Å². The van der Waals surface area contributed by atoms with Crippen molar-refractivity contribution < 1.29 is 0 Å². The van der Waals surface area contributed by atoms with Crippen molar-refractivity contribution in [2.75, 3.05) is 19.6 Å². The molecule has 2 heteroatoms. The predicted octanol–water partition coefficient (Wildman–Crippen LogP) is 5.27. The molecule has 150 valence electrons. The number of benzene rings is 3. The first kappa shape index (κ1) is 19.9. The van der Waals surface area contributed by atoms with Crippen LogP contribution in [0.1, 0.15) is 35.6 Å². The van der Waals surface area contributed by atoms with Gasteiger partial charge in [-0.3, -0.25) is 0 Å². The summed E-state index contributed by atoms with van der Waals surface area (Å²) in [6, 6.07) is 33.6. The minimum Gasteiger partial charge on any atom is -0.307 e. The Hall–Kier alpha value is -2.42. The molecule has 0 radical (unpaired) electrons. The molecule has 29 heavy (non-hydrogen) atoms. The molecule has 0 spiro atoms. The zero-order valence-electron chi connectivity index (χ0n) is 17.2. The monoisotopic (exact) mass is 384 g/mol. The Morgan fingerprint density at radius 1 is 0.724 bits per heavy atom. The largest absolute Gasteiger partial charge is 0.307 e. The van der Waals surface area contributed by atoms with E-state index in [1.807, 2.05) is 0 Å². The van der Waals surface area contributed by atoms with Gasteiger partial charge >= 0.3 is 0 Å². The zero-order chi connectivity index (χ0) is 19.7. The summed E-state index contributed by atoms with van der Waals surface area (Å²) in [5, 5.41) is 3.99. The van der Waals surface area contributed by atoms with Crippen molar-refractivity contribution in [1.29, 1.82) is 0 Å². The molecule has 1 atom stereocenters. The highest BCUT2D eigenvalue weighted by atomic mass is 15.1. The Bertz CT molecular complexity index is 824. The normalized spacial score (nSPS) is 16.6. The fourth-order valence-electron chi connectivity index (χ4n) is 4.35. The molecule has 1 heterocycles. The molecule has 0 aromatic heterocycles. The number of rotatable bonds is 8. The number of nitrogens with zero attached hydrogens (tertiary/aromatic N) is 1. The second kappa shape index (κ2) is 10.4. The first-order valence-electron chi connectivity index (χ1n) is 11.0. The van der Waals surface area contributed by atoms with Crippen molar-refractivity contribution in [3.8, 4) is 0 Å². The third-order valence-electron chi connectivity index (χ3n) is 6.07. The van der Waals surface area contributed by atoms with E-state index in [-0.39, 0.29) is 0 Å². The van der Waals surface area contributed by atoms with Crippen LogP contribution in [0, 0.1) is 0 Å². The standard InChI is InChI=1S/C27H32N2/c1-4-10-23(11-5-1)16-19-29-20-17-26(18-21-29)28-27(25-14-8-3-9-15-25)22-24-12-6-2-7-13-24/h1-15,26-28H,16-22H2/t27-/m0/s1. The molecular weight excluding hydrogens is 352 g/mol. The van der Waals surface area contributed by atoms with Gasteiger partial charge in [-0.1, -0.05) is 91.0 Å². The highest BCUT2D eigenvalue weighted by Gasteiger charge is 2.22. The van der Waals surface area contributed by atoms with E-state index in [1.54, 1.807) is 0 Å². The Morgan fingerprint density at radius 2 is 1.28 bits per heavy atom. The lowest BCUT2D eigenvalue weighted by Gasteiger charge is -2.35. The fraction of sp³-hybridized carbons (Fsp3) is 0.333. The van der Waals surface area contributed by atoms with E-state index in [0.717, 1.165) is 12.8 Å². The van der Waals surface area contributed by atoms with Crippen LogP contribution in [0.5, 0.6) is 0 Å². The van der Waals surface area contributed by atoms with Gasteiger partial charge in [0.15, 0.2) is 0 Å². The highest BCUT2D eigenvalue weighted by molar-refractivity contribution is 5.24. The van der Waals surface area contributed by atoms with Crippen LogP contribution >= 0.6 is 0 Å². The van der Waals surface area contributed by atoms with E-state index >= 15 is 0 Å². The molecular formula is C27H32N2. The lowest BCUT2D eigenvalue weighted by atomic mass is 9.96. The maximum atomic E-state index is 3.99. The molecule has 0 saturated carbocycles. The van der Waals surface area contributed by atoms with Gasteiger partial charge in [0.1, 0.15) is 0 Å². The highest BCUT2D eigenvalue weighted by Crippen LogP contribution is 2.22. The van der Waals surface area contributed by atoms with Gasteiger partial charge in [-0.05, 0) is 55.5 Å². The Balaban J connectivity index is 1.31. The van der Waals surface area contributed by atoms with Crippen molar-refractivity contribution in [3.63, 3.8) is 0 Å². The number of piperidine rings is 1. The average Bonchev–Trinajstić information content (AvgIpc) is 2.80. The van der Waals surface area contributed by atoms with Crippen LogP contribution in [0.3, 0.4) is 0 Å². The molecule has 3 aromatic rings. The second-order valence-electron chi connectivity index (χ2n) is 8.17. The molecule has 2 nitrogen and oxygen atoms in total. The minimum absolute atomic E-state index is 0.375. The summed E-state index contributed by atoms with van der Waals surface area (Å²) in [5.41, 5.74) is 4.23. The maximum Gasteiger partial charge on any atom is 0.0363 e. The number of hydrogen-bond acceptors (Lipinski definition) is 2. The second-order valence-corrected chi connectivity index (χ2v) is 8.17. The van der Waals surface area contributed by atoms with Gasteiger partial charge < -0.3 is 10.2 Å². The SMILES string of the molecule is c1ccc(CCN2CCC(N[C@@H](Cc3ccccc3)c3ccccc3)CC2)cc1. The van der Waals surface area contributed by atoms with Crippen LogP contribution in [0.15, 0.2) is 91.0 Å². The van der Waals surface area contributed by atoms with E-state index in [1.165, 1.54) is 49.2 Å². The number of hydrogen-bond donors (Lipinski definition) is 1. The molecule has 0 unspecified atom stereocenters. The summed E-state index contributed by atoms with van der Waals surface area (Å²) in [6.07, 6.45) is 4.65. The molecule has 1 aliphatic rings. The topological polar surface area (TPSA) is 15.3 Å². The maximum absolute atomic E-state index is 3.99. The Kier molecular flexibility index (Phi) is 7.12. The van der Waals surface area contributed by atoms with Crippen molar-refractivity contribution in [2.24, 2.45) is 0 Å². The lowest BCUT2D eigenvalue weighted by Crippen LogP contribution is -2.44. The van der Waals surface area contributed by atoms with E-state index in [4.69, 9.17) is 0 Å². The van der Waals surface area contributed by atoms with Crippen LogP contribution in [0.2, 0.25) is 0 Å². The lowest BCUT2D eigenvalue weighted by molar-refractivity contribution is 0.192.